The molecule has 1 unspecified atom stereocenters. The van der Waals surface area contributed by atoms with Crippen LogP contribution in [0, 0.1) is 5.92 Å². The van der Waals surface area contributed by atoms with Crippen LogP contribution < -0.4 is 5.73 Å². The molecule has 2 N–H and O–H groups in total. The Morgan fingerprint density at radius 3 is 2.80 bits per heavy atom. The van der Waals surface area contributed by atoms with Crippen LogP contribution in [0.25, 0.3) is 0 Å². The van der Waals surface area contributed by atoms with E-state index in [-0.39, 0.29) is 11.8 Å². The fourth-order valence-corrected chi connectivity index (χ4v) is 1.53. The van der Waals surface area contributed by atoms with E-state index in [1.165, 1.54) is 0 Å². The van der Waals surface area contributed by atoms with Gasteiger partial charge in [0.2, 0.25) is 5.91 Å². The Morgan fingerprint density at radius 1 is 1.70 bits per heavy atom. The third kappa shape index (κ3) is 1.88. The summed E-state index contributed by atoms with van der Waals surface area (Å²) in [6, 6.07) is 0. The lowest BCUT2D eigenvalue weighted by Crippen LogP contribution is -2.36. The predicted octanol–water partition coefficient (Wildman–Crippen LogP) is 0.0285. The van der Waals surface area contributed by atoms with Crippen molar-refractivity contribution in [3.8, 4) is 0 Å². The van der Waals surface area contributed by atoms with Crippen molar-refractivity contribution in [2.75, 3.05) is 13.1 Å². The van der Waals surface area contributed by atoms with Crippen LogP contribution in [0.15, 0.2) is 0 Å². The Labute approximate surface area is 66.1 Å². The molecule has 58 valence electrons. The van der Waals surface area contributed by atoms with Crippen molar-refractivity contribution in [2.24, 2.45) is 11.7 Å². The average molecular weight is 160 g/mol. The molecule has 1 amide bonds. The summed E-state index contributed by atoms with van der Waals surface area (Å²) in [6.45, 7) is 1.67. The minimum atomic E-state index is -0.196. The molecule has 0 saturated carbocycles. The zero-order valence-corrected chi connectivity index (χ0v) is 6.68. The maximum absolute atomic E-state index is 10.7. The van der Waals surface area contributed by atoms with Gasteiger partial charge in [0.05, 0.1) is 5.92 Å². The van der Waals surface area contributed by atoms with E-state index >= 15 is 0 Å². The predicted molar refractivity (Wildman–Crippen MR) is 42.5 cm³/mol. The van der Waals surface area contributed by atoms with E-state index in [2.05, 4.69) is 12.8 Å². The van der Waals surface area contributed by atoms with Crippen LogP contribution in [0.5, 0.6) is 0 Å². The number of primary amides is 1. The van der Waals surface area contributed by atoms with Gasteiger partial charge in [-0.15, -0.1) is 0 Å². The van der Waals surface area contributed by atoms with Crippen molar-refractivity contribution in [1.82, 2.24) is 4.31 Å². The first kappa shape index (κ1) is 7.88. The molecule has 1 aliphatic heterocycles. The smallest absolute Gasteiger partial charge is 0.221 e. The van der Waals surface area contributed by atoms with Crippen LogP contribution in [-0.4, -0.2) is 23.3 Å². The summed E-state index contributed by atoms with van der Waals surface area (Å²) in [5, 5.41) is 0. The zero-order valence-electron chi connectivity index (χ0n) is 5.79. The molecular weight excluding hydrogens is 148 g/mol. The number of hydrogen-bond acceptors (Lipinski definition) is 3. The van der Waals surface area contributed by atoms with E-state index in [1.54, 1.807) is 0 Å². The van der Waals surface area contributed by atoms with E-state index in [4.69, 9.17) is 5.73 Å². The number of thiol groups is 1. The fraction of sp³-hybridized carbons (Fsp3) is 0.833. The Balaban J connectivity index is 2.39. The highest BCUT2D eigenvalue weighted by molar-refractivity contribution is 7.77. The summed E-state index contributed by atoms with van der Waals surface area (Å²) in [7, 11) is 0. The van der Waals surface area contributed by atoms with Gasteiger partial charge in [-0.25, -0.2) is 0 Å². The van der Waals surface area contributed by atoms with Gasteiger partial charge in [0.25, 0.3) is 0 Å². The maximum atomic E-state index is 10.7. The van der Waals surface area contributed by atoms with Crippen molar-refractivity contribution < 1.29 is 4.79 Å². The van der Waals surface area contributed by atoms with Crippen LogP contribution >= 0.6 is 12.8 Å². The monoisotopic (exact) mass is 160 g/mol. The Bertz CT molecular complexity index is 140. The molecule has 1 atom stereocenters. The molecule has 0 spiro atoms. The Kier molecular flexibility index (Phi) is 2.56. The Hall–Kier alpha value is -0.220. The zero-order chi connectivity index (χ0) is 7.56. The normalized spacial score (nSPS) is 28.3. The summed E-state index contributed by atoms with van der Waals surface area (Å²) in [4.78, 5) is 10.7. The Morgan fingerprint density at radius 2 is 2.40 bits per heavy atom. The molecule has 1 saturated heterocycles. The van der Waals surface area contributed by atoms with Crippen molar-refractivity contribution in [3.63, 3.8) is 0 Å². The van der Waals surface area contributed by atoms with Gasteiger partial charge in [-0.3, -0.25) is 9.10 Å². The van der Waals surface area contributed by atoms with Crippen molar-refractivity contribution in [3.05, 3.63) is 0 Å². The second-order valence-electron chi connectivity index (χ2n) is 2.65. The summed E-state index contributed by atoms with van der Waals surface area (Å²) in [5.41, 5.74) is 5.13. The lowest BCUT2D eigenvalue weighted by Gasteiger charge is -2.26. The molecule has 1 fully saturated rings. The standard InChI is InChI=1S/C6H12N2OS/c7-6(9)5-2-1-3-8(10)4-5/h5,10H,1-4H2,(H2,7,9). The number of carbonyl (C=O) groups is 1. The van der Waals surface area contributed by atoms with Crippen LogP contribution in [0.3, 0.4) is 0 Å². The first-order chi connectivity index (χ1) is 4.70. The molecule has 1 aliphatic rings. The quantitative estimate of drug-likeness (QED) is 0.532. The summed E-state index contributed by atoms with van der Waals surface area (Å²) >= 11 is 4.14. The van der Waals surface area contributed by atoms with Crippen molar-refractivity contribution in [1.29, 1.82) is 0 Å². The van der Waals surface area contributed by atoms with Crippen molar-refractivity contribution in [2.45, 2.75) is 12.8 Å². The number of nitrogens with zero attached hydrogens (tertiary/aromatic N) is 1. The molecule has 1 rings (SSSR count). The maximum Gasteiger partial charge on any atom is 0.221 e. The summed E-state index contributed by atoms with van der Waals surface area (Å²) in [6.07, 6.45) is 1.95. The number of hydrogen-bond donors (Lipinski definition) is 2. The van der Waals surface area contributed by atoms with Crippen LogP contribution in [0.4, 0.5) is 0 Å². The molecule has 0 radical (unpaired) electrons. The number of piperidine rings is 1. The van der Waals surface area contributed by atoms with Gasteiger partial charge in [-0.1, -0.05) is 12.8 Å². The van der Waals surface area contributed by atoms with Crippen LogP contribution in [-0.2, 0) is 4.79 Å². The first-order valence-electron chi connectivity index (χ1n) is 3.43. The number of amides is 1. The fourth-order valence-electron chi connectivity index (χ4n) is 1.19. The summed E-state index contributed by atoms with van der Waals surface area (Å²) < 4.78 is 1.85. The average Bonchev–Trinajstić information content (AvgIpc) is 1.88. The molecule has 10 heavy (non-hydrogen) atoms. The molecule has 0 aromatic carbocycles. The molecule has 0 aliphatic carbocycles. The highest BCUT2D eigenvalue weighted by Gasteiger charge is 2.21. The van der Waals surface area contributed by atoms with Gasteiger partial charge in [0.15, 0.2) is 0 Å². The van der Waals surface area contributed by atoms with Gasteiger partial charge in [-0.2, -0.15) is 0 Å². The highest BCUT2D eigenvalue weighted by atomic mass is 32.1. The molecule has 0 aromatic rings. The molecule has 3 nitrogen and oxygen atoms in total. The highest BCUT2D eigenvalue weighted by Crippen LogP contribution is 2.16. The number of nitrogens with two attached hydrogens (primary N) is 1. The van der Waals surface area contributed by atoms with Gasteiger partial charge in [-0.05, 0) is 12.8 Å². The summed E-state index contributed by atoms with van der Waals surface area (Å²) in [5.74, 6) is -0.176. The van der Waals surface area contributed by atoms with Gasteiger partial charge in [0, 0.05) is 13.1 Å². The van der Waals surface area contributed by atoms with E-state index in [1.807, 2.05) is 4.31 Å². The molecule has 4 heteroatoms. The molecule has 0 bridgehead atoms. The lowest BCUT2D eigenvalue weighted by molar-refractivity contribution is -0.122. The van der Waals surface area contributed by atoms with Crippen LogP contribution in [0.2, 0.25) is 0 Å². The lowest BCUT2D eigenvalue weighted by atomic mass is 9.99. The van der Waals surface area contributed by atoms with E-state index < -0.39 is 0 Å². The van der Waals surface area contributed by atoms with E-state index in [0.29, 0.717) is 6.54 Å². The third-order valence-electron chi connectivity index (χ3n) is 1.80. The number of carbonyl (C=O) groups excluding carboxylic acids is 1. The minimum Gasteiger partial charge on any atom is -0.369 e. The SMILES string of the molecule is NC(=O)C1CCCN(S)C1. The topological polar surface area (TPSA) is 46.3 Å². The van der Waals surface area contributed by atoms with E-state index in [9.17, 15) is 4.79 Å². The second-order valence-corrected chi connectivity index (χ2v) is 3.22. The third-order valence-corrected chi connectivity index (χ3v) is 2.17. The molecule has 1 heterocycles. The van der Waals surface area contributed by atoms with Crippen molar-refractivity contribution >= 4 is 18.7 Å². The van der Waals surface area contributed by atoms with Gasteiger partial charge < -0.3 is 5.73 Å². The molecule has 0 aromatic heterocycles. The number of rotatable bonds is 1. The largest absolute Gasteiger partial charge is 0.369 e. The minimum absolute atomic E-state index is 0.0197. The van der Waals surface area contributed by atoms with E-state index in [0.717, 1.165) is 19.4 Å². The second kappa shape index (κ2) is 3.25. The van der Waals surface area contributed by atoms with Crippen LogP contribution in [0.1, 0.15) is 12.8 Å². The first-order valence-corrected chi connectivity index (χ1v) is 3.83. The van der Waals surface area contributed by atoms with Gasteiger partial charge in [0.1, 0.15) is 0 Å². The molecular formula is C6H12N2OS. The van der Waals surface area contributed by atoms with Gasteiger partial charge >= 0.3 is 0 Å².